The Morgan fingerprint density at radius 3 is 2.70 bits per heavy atom. The van der Waals surface area contributed by atoms with Gasteiger partial charge in [0.05, 0.1) is 11.7 Å². The first-order chi connectivity index (χ1) is 13.3. The summed E-state index contributed by atoms with van der Waals surface area (Å²) in [5.41, 5.74) is 2.99. The maximum Gasteiger partial charge on any atom is 0.271 e. The molecule has 5 nitrogen and oxygen atoms in total. The summed E-state index contributed by atoms with van der Waals surface area (Å²) in [7, 11) is 0. The predicted octanol–water partition coefficient (Wildman–Crippen LogP) is 3.85. The van der Waals surface area contributed by atoms with Crippen LogP contribution in [0.4, 0.5) is 0 Å². The number of hydrogen-bond donors (Lipinski definition) is 2. The van der Waals surface area contributed by atoms with E-state index in [0.717, 1.165) is 44.5 Å². The zero-order valence-electron chi connectivity index (χ0n) is 16.0. The number of nitrogens with one attached hydrogen (secondary N) is 2. The molecule has 1 saturated carbocycles. The Labute approximate surface area is 161 Å². The van der Waals surface area contributed by atoms with E-state index in [9.17, 15) is 4.79 Å². The van der Waals surface area contributed by atoms with Crippen LogP contribution in [-0.2, 0) is 6.42 Å². The summed E-state index contributed by atoms with van der Waals surface area (Å²) in [6.45, 7) is 2.15. The molecule has 1 aromatic carbocycles. The first-order valence-corrected chi connectivity index (χ1v) is 10.4. The number of amides is 1. The van der Waals surface area contributed by atoms with Crippen LogP contribution >= 0.6 is 0 Å². The van der Waals surface area contributed by atoms with E-state index in [1.165, 1.54) is 31.2 Å². The molecule has 1 aliphatic heterocycles. The lowest BCUT2D eigenvalue weighted by atomic mass is 9.98. The number of rotatable bonds is 6. The van der Waals surface area contributed by atoms with E-state index >= 15 is 0 Å². The molecule has 2 aliphatic rings. The Bertz CT molecular complexity index is 736. The van der Waals surface area contributed by atoms with Crippen molar-refractivity contribution in [3.8, 4) is 0 Å². The van der Waals surface area contributed by atoms with E-state index in [2.05, 4.69) is 50.7 Å². The molecule has 0 spiro atoms. The Balaban J connectivity index is 1.39. The number of piperidine rings is 1. The largest absolute Gasteiger partial charge is 0.348 e. The molecule has 1 amide bonds. The number of aromatic amines is 1. The van der Waals surface area contributed by atoms with Crippen LogP contribution in [0.5, 0.6) is 0 Å². The fourth-order valence-electron chi connectivity index (χ4n) is 4.48. The first kappa shape index (κ1) is 18.2. The van der Waals surface area contributed by atoms with Crippen molar-refractivity contribution in [1.29, 1.82) is 0 Å². The Morgan fingerprint density at radius 2 is 1.89 bits per heavy atom. The molecule has 0 radical (unpaired) electrons. The third-order valence-electron chi connectivity index (χ3n) is 6.02. The van der Waals surface area contributed by atoms with Crippen LogP contribution in [0.15, 0.2) is 36.4 Å². The molecule has 1 aliphatic carbocycles. The van der Waals surface area contributed by atoms with Gasteiger partial charge in [-0.1, -0.05) is 49.6 Å². The average Bonchev–Trinajstić information content (AvgIpc) is 3.39. The Hall–Kier alpha value is -2.14. The zero-order valence-corrected chi connectivity index (χ0v) is 16.0. The van der Waals surface area contributed by atoms with Gasteiger partial charge in [-0.25, -0.2) is 0 Å². The second-order valence-corrected chi connectivity index (χ2v) is 7.95. The van der Waals surface area contributed by atoms with E-state index in [4.69, 9.17) is 0 Å². The van der Waals surface area contributed by atoms with Gasteiger partial charge in [-0.3, -0.25) is 14.8 Å². The number of benzene rings is 1. The molecule has 1 aromatic heterocycles. The van der Waals surface area contributed by atoms with Crippen LogP contribution in [-0.4, -0.2) is 40.1 Å². The van der Waals surface area contributed by atoms with Crippen LogP contribution in [0.3, 0.4) is 0 Å². The van der Waals surface area contributed by atoms with Gasteiger partial charge in [0.25, 0.3) is 5.91 Å². The smallest absolute Gasteiger partial charge is 0.271 e. The molecule has 144 valence electrons. The Kier molecular flexibility index (Phi) is 5.87. The second-order valence-electron chi connectivity index (χ2n) is 7.95. The maximum absolute atomic E-state index is 12.5. The molecule has 2 N–H and O–H groups in total. The summed E-state index contributed by atoms with van der Waals surface area (Å²) in [5, 5.41) is 10.6. The topological polar surface area (TPSA) is 61.0 Å². The third-order valence-corrected chi connectivity index (χ3v) is 6.02. The molecule has 0 bridgehead atoms. The quantitative estimate of drug-likeness (QED) is 0.816. The highest BCUT2D eigenvalue weighted by Crippen LogP contribution is 2.30. The van der Waals surface area contributed by atoms with Gasteiger partial charge in [0.2, 0.25) is 0 Å². The van der Waals surface area contributed by atoms with Gasteiger partial charge < -0.3 is 5.32 Å². The maximum atomic E-state index is 12.5. The van der Waals surface area contributed by atoms with Crippen molar-refractivity contribution >= 4 is 5.91 Å². The van der Waals surface area contributed by atoms with Crippen molar-refractivity contribution in [3.63, 3.8) is 0 Å². The van der Waals surface area contributed by atoms with Gasteiger partial charge in [0.15, 0.2) is 0 Å². The minimum Gasteiger partial charge on any atom is -0.348 e. The van der Waals surface area contributed by atoms with Gasteiger partial charge in [-0.15, -0.1) is 0 Å². The minimum atomic E-state index is -0.0314. The summed E-state index contributed by atoms with van der Waals surface area (Å²) in [6, 6.07) is 13.3. The normalized spacial score (nSPS) is 21.4. The third kappa shape index (κ3) is 4.59. The first-order valence-electron chi connectivity index (χ1n) is 10.4. The summed E-state index contributed by atoms with van der Waals surface area (Å²) < 4.78 is 0. The van der Waals surface area contributed by atoms with Crippen molar-refractivity contribution in [3.05, 3.63) is 53.3 Å². The predicted molar refractivity (Wildman–Crippen MR) is 107 cm³/mol. The number of aromatic nitrogens is 2. The van der Waals surface area contributed by atoms with Crippen LogP contribution in [0.25, 0.3) is 0 Å². The van der Waals surface area contributed by atoms with Crippen LogP contribution in [0.1, 0.15) is 72.7 Å². The number of hydrogen-bond acceptors (Lipinski definition) is 3. The molecule has 2 aromatic rings. The van der Waals surface area contributed by atoms with E-state index in [1.807, 2.05) is 6.07 Å². The second kappa shape index (κ2) is 8.70. The van der Waals surface area contributed by atoms with Crippen LogP contribution < -0.4 is 5.32 Å². The summed E-state index contributed by atoms with van der Waals surface area (Å²) in [5.74, 6) is -0.0314. The number of carbonyl (C=O) groups excluding carboxylic acids is 1. The molecule has 5 heteroatoms. The van der Waals surface area contributed by atoms with E-state index in [-0.39, 0.29) is 5.91 Å². The van der Waals surface area contributed by atoms with Crippen molar-refractivity contribution in [2.24, 2.45) is 0 Å². The highest BCUT2D eigenvalue weighted by molar-refractivity contribution is 5.92. The lowest BCUT2D eigenvalue weighted by Crippen LogP contribution is -2.35. The van der Waals surface area contributed by atoms with E-state index < -0.39 is 0 Å². The number of H-pyrrole nitrogens is 1. The summed E-state index contributed by atoms with van der Waals surface area (Å²) in [6.07, 6.45) is 9.28. The summed E-state index contributed by atoms with van der Waals surface area (Å²) in [4.78, 5) is 15.0. The standard InChI is InChI=1S/C22H30N4O/c27-22(23-18-10-4-5-11-18)20-16-19(24-25-20)21-12-6-7-14-26(21)15-13-17-8-2-1-3-9-17/h1-3,8-9,16,18,21H,4-7,10-15H2,(H,23,27)(H,24,25)/t21-/m1/s1. The van der Waals surface area contributed by atoms with Gasteiger partial charge in [-0.05, 0) is 50.3 Å². The Morgan fingerprint density at radius 1 is 1.11 bits per heavy atom. The highest BCUT2D eigenvalue weighted by atomic mass is 16.2. The van der Waals surface area contributed by atoms with Crippen LogP contribution in [0.2, 0.25) is 0 Å². The number of carbonyl (C=O) groups is 1. The van der Waals surface area contributed by atoms with Crippen molar-refractivity contribution in [1.82, 2.24) is 20.4 Å². The van der Waals surface area contributed by atoms with Crippen LogP contribution in [0, 0.1) is 0 Å². The minimum absolute atomic E-state index is 0.0314. The molecule has 1 saturated heterocycles. The van der Waals surface area contributed by atoms with E-state index in [1.54, 1.807) is 0 Å². The molecular weight excluding hydrogens is 336 g/mol. The number of likely N-dealkylation sites (tertiary alicyclic amines) is 1. The van der Waals surface area contributed by atoms with Gasteiger partial charge in [0.1, 0.15) is 5.69 Å². The fourth-order valence-corrected chi connectivity index (χ4v) is 4.48. The van der Waals surface area contributed by atoms with Crippen molar-refractivity contribution in [2.45, 2.75) is 63.5 Å². The monoisotopic (exact) mass is 366 g/mol. The molecule has 2 heterocycles. The van der Waals surface area contributed by atoms with Gasteiger partial charge in [0, 0.05) is 12.6 Å². The molecule has 2 fully saturated rings. The molecule has 1 atom stereocenters. The molecular formula is C22H30N4O. The van der Waals surface area contributed by atoms with Crippen molar-refractivity contribution in [2.75, 3.05) is 13.1 Å². The fraction of sp³-hybridized carbons (Fsp3) is 0.545. The average molecular weight is 367 g/mol. The SMILES string of the molecule is O=C(NC1CCCC1)c1cc([C@H]2CCCCN2CCc2ccccc2)[nH]n1. The highest BCUT2D eigenvalue weighted by Gasteiger charge is 2.27. The molecule has 4 rings (SSSR count). The summed E-state index contributed by atoms with van der Waals surface area (Å²) >= 11 is 0. The van der Waals surface area contributed by atoms with Crippen molar-refractivity contribution < 1.29 is 4.79 Å². The molecule has 0 unspecified atom stereocenters. The van der Waals surface area contributed by atoms with Gasteiger partial charge in [-0.2, -0.15) is 5.10 Å². The zero-order chi connectivity index (χ0) is 18.5. The lowest BCUT2D eigenvalue weighted by molar-refractivity contribution is 0.0932. The molecule has 27 heavy (non-hydrogen) atoms. The van der Waals surface area contributed by atoms with E-state index in [0.29, 0.717) is 17.8 Å². The number of nitrogens with zero attached hydrogens (tertiary/aromatic N) is 2. The van der Waals surface area contributed by atoms with Gasteiger partial charge >= 0.3 is 0 Å². The lowest BCUT2D eigenvalue weighted by Gasteiger charge is -2.35.